The molecule has 7 N–H and O–H groups in total. The molecule has 79 heavy (non-hydrogen) atoms. The lowest BCUT2D eigenvalue weighted by Crippen LogP contribution is -2.54. The number of hydrogen-bond donors (Lipinski definition) is 6. The molecule has 0 aliphatic carbocycles. The Morgan fingerprint density at radius 2 is 1.53 bits per heavy atom. The van der Waals surface area contributed by atoms with E-state index in [2.05, 4.69) is 36.3 Å². The summed E-state index contributed by atoms with van der Waals surface area (Å²) in [4.78, 5) is 111. The second-order valence-corrected chi connectivity index (χ2v) is 19.4. The number of carbonyl (C=O) groups excluding carboxylic acids is 7. The van der Waals surface area contributed by atoms with Crippen molar-refractivity contribution in [1.29, 1.82) is 0 Å². The summed E-state index contributed by atoms with van der Waals surface area (Å²) in [6, 6.07) is 31.2. The number of amides is 8. The Morgan fingerprint density at radius 3 is 2.28 bits per heavy atom. The number of rotatable bonds is 25. The quantitative estimate of drug-likeness (QED) is 0.0250. The van der Waals surface area contributed by atoms with Gasteiger partial charge in [0.25, 0.3) is 11.8 Å². The fraction of sp³-hybridized carbons (Fsp3) is 0.293. The van der Waals surface area contributed by atoms with Crippen molar-refractivity contribution in [2.45, 2.75) is 91.1 Å². The van der Waals surface area contributed by atoms with E-state index in [0.29, 0.717) is 59.1 Å². The van der Waals surface area contributed by atoms with Crippen LogP contribution in [0.2, 0.25) is 0 Å². The first-order valence-corrected chi connectivity index (χ1v) is 26.1. The van der Waals surface area contributed by atoms with E-state index in [9.17, 15) is 33.6 Å². The Morgan fingerprint density at radius 1 is 0.772 bits per heavy atom. The molecule has 7 aromatic rings. The monoisotopic (exact) mass is 1070 g/mol. The highest BCUT2D eigenvalue weighted by Crippen LogP contribution is 2.31. The van der Waals surface area contributed by atoms with Crippen LogP contribution < -0.4 is 27.0 Å². The van der Waals surface area contributed by atoms with E-state index < -0.39 is 36.0 Å². The summed E-state index contributed by atoms with van der Waals surface area (Å²) in [5, 5.41) is 15.3. The minimum absolute atomic E-state index is 0.0327. The Kier molecular flexibility index (Phi) is 18.7. The molecule has 3 aromatic carbocycles. The normalized spacial score (nSPS) is 12.8. The molecule has 0 radical (unpaired) electrons. The highest BCUT2D eigenvalue weighted by atomic mass is 16.6. The smallest absolute Gasteiger partial charge is 0.410 e. The van der Waals surface area contributed by atoms with Crippen molar-refractivity contribution in [2.75, 3.05) is 18.4 Å². The lowest BCUT2D eigenvalue weighted by molar-refractivity contribution is -0.137. The molecule has 0 bridgehead atoms. The minimum atomic E-state index is -1.07. The predicted octanol–water partition coefficient (Wildman–Crippen LogP) is 6.99. The molecule has 0 saturated carbocycles. The number of carbonyl (C=O) groups is 7. The third kappa shape index (κ3) is 15.1. The van der Waals surface area contributed by atoms with Gasteiger partial charge in [-0.05, 0) is 97.2 Å². The molecule has 1 aliphatic rings. The number of hydrogen-bond acceptors (Lipinski definition) is 12. The predicted molar refractivity (Wildman–Crippen MR) is 295 cm³/mol. The summed E-state index contributed by atoms with van der Waals surface area (Å²) in [6.45, 7) is 5.94. The maximum absolute atomic E-state index is 14.4. The lowest BCUT2D eigenvalue weighted by atomic mass is 9.99. The van der Waals surface area contributed by atoms with Crippen LogP contribution >= 0.6 is 0 Å². The van der Waals surface area contributed by atoms with Crippen LogP contribution in [-0.4, -0.2) is 106 Å². The number of urea groups is 1. The molecule has 8 rings (SSSR count). The summed E-state index contributed by atoms with van der Waals surface area (Å²) < 4.78 is 7.70. The molecule has 0 fully saturated rings. The first-order valence-electron chi connectivity index (χ1n) is 26.1. The highest BCUT2D eigenvalue weighted by Gasteiger charge is 2.30. The molecule has 4 aromatic heterocycles. The van der Waals surface area contributed by atoms with Gasteiger partial charge in [0.05, 0.1) is 24.5 Å². The second kappa shape index (κ2) is 26.5. The van der Waals surface area contributed by atoms with E-state index in [-0.39, 0.29) is 75.7 Å². The fourth-order valence-electron chi connectivity index (χ4n) is 9.02. The van der Waals surface area contributed by atoms with Crippen LogP contribution in [0.4, 0.5) is 15.3 Å². The van der Waals surface area contributed by atoms with Crippen molar-refractivity contribution in [3.05, 3.63) is 157 Å². The van der Waals surface area contributed by atoms with Crippen molar-refractivity contribution in [3.63, 3.8) is 0 Å². The van der Waals surface area contributed by atoms with Gasteiger partial charge in [0.1, 0.15) is 36.5 Å². The fourth-order valence-corrected chi connectivity index (χ4v) is 9.02. The number of pyridine rings is 2. The van der Waals surface area contributed by atoms with E-state index in [1.54, 1.807) is 47.5 Å². The van der Waals surface area contributed by atoms with Crippen LogP contribution in [0.25, 0.3) is 39.4 Å². The Hall–Kier alpha value is -9.53. The van der Waals surface area contributed by atoms with Crippen LogP contribution in [0.5, 0.6) is 0 Å². The number of aryl methyl sites for hydroxylation is 1. The van der Waals surface area contributed by atoms with Gasteiger partial charge in [-0.3, -0.25) is 38.8 Å². The third-order valence-electron chi connectivity index (χ3n) is 13.1. The number of fused-ring (bicyclic) bond motifs is 1. The number of nitrogens with zero attached hydrogens (tertiary/aromatic N) is 7. The second-order valence-electron chi connectivity index (χ2n) is 19.4. The van der Waals surface area contributed by atoms with E-state index in [1.807, 2.05) is 98.0 Å². The molecule has 5 heterocycles. The number of unbranched alkanes of at least 4 members (excludes halogenated alkanes) is 2. The molecule has 1 aliphatic heterocycles. The zero-order chi connectivity index (χ0) is 55.8. The van der Waals surface area contributed by atoms with Crippen molar-refractivity contribution >= 4 is 53.0 Å². The van der Waals surface area contributed by atoms with E-state index in [1.165, 1.54) is 18.5 Å². The summed E-state index contributed by atoms with van der Waals surface area (Å²) >= 11 is 0. The van der Waals surface area contributed by atoms with Crippen LogP contribution in [0, 0.1) is 12.8 Å². The van der Waals surface area contributed by atoms with E-state index in [4.69, 9.17) is 20.4 Å². The summed E-state index contributed by atoms with van der Waals surface area (Å²) in [5.41, 5.74) is 13.3. The van der Waals surface area contributed by atoms with Crippen LogP contribution in [0.3, 0.4) is 0 Å². The molecule has 408 valence electrons. The molecule has 2 atom stereocenters. The number of anilines is 1. The first kappa shape index (κ1) is 55.7. The van der Waals surface area contributed by atoms with Gasteiger partial charge in [-0.15, -0.1) is 0 Å². The van der Waals surface area contributed by atoms with Crippen molar-refractivity contribution in [1.82, 2.24) is 55.3 Å². The zero-order valence-electron chi connectivity index (χ0n) is 44.2. The number of primary amides is 1. The Balaban J connectivity index is 0.939. The van der Waals surface area contributed by atoms with Gasteiger partial charge < -0.3 is 36.7 Å². The van der Waals surface area contributed by atoms with Gasteiger partial charge >= 0.3 is 12.1 Å². The number of nitrogens with two attached hydrogens (primary N) is 1. The molecule has 1 unspecified atom stereocenters. The maximum atomic E-state index is 14.4. The number of imidazole rings is 1. The molecule has 8 amide bonds. The van der Waals surface area contributed by atoms with Gasteiger partial charge in [-0.25, -0.2) is 24.1 Å². The largest absolute Gasteiger partial charge is 0.445 e. The summed E-state index contributed by atoms with van der Waals surface area (Å²) in [5.74, 6) is -2.05. The molecule has 0 spiro atoms. The number of nitrogens with one attached hydrogen (secondary N) is 5. The number of H-pyrrole nitrogens is 1. The van der Waals surface area contributed by atoms with Crippen molar-refractivity contribution in [3.8, 4) is 33.8 Å². The van der Waals surface area contributed by atoms with E-state index >= 15 is 0 Å². The van der Waals surface area contributed by atoms with Crippen molar-refractivity contribution < 1.29 is 38.3 Å². The maximum Gasteiger partial charge on any atom is 0.410 e. The van der Waals surface area contributed by atoms with Crippen LogP contribution in [0.15, 0.2) is 134 Å². The number of ether oxygens (including phenoxy) is 1. The van der Waals surface area contributed by atoms with Gasteiger partial charge in [0.2, 0.25) is 17.7 Å². The zero-order valence-corrected chi connectivity index (χ0v) is 44.2. The first-order chi connectivity index (χ1) is 38.2. The number of aromatic amines is 1. The summed E-state index contributed by atoms with van der Waals surface area (Å²) in [7, 11) is 0. The minimum Gasteiger partial charge on any atom is -0.445 e. The third-order valence-corrected chi connectivity index (χ3v) is 13.1. The molecule has 21 heteroatoms. The Labute approximate surface area is 456 Å². The number of imide groups is 1. The molecular formula is C58H63N13O8. The van der Waals surface area contributed by atoms with Gasteiger partial charge in [0, 0.05) is 54.8 Å². The van der Waals surface area contributed by atoms with Gasteiger partial charge in [0.15, 0.2) is 5.65 Å². The van der Waals surface area contributed by atoms with Gasteiger partial charge in [-0.2, -0.15) is 5.10 Å². The highest BCUT2D eigenvalue weighted by molar-refractivity contribution is 6.12. The summed E-state index contributed by atoms with van der Waals surface area (Å²) in [6.07, 6.45) is 7.27. The average Bonchev–Trinajstić information content (AvgIpc) is 4.34. The molecular weight excluding hydrogens is 1010 g/mol. The average molecular weight is 1070 g/mol. The topological polar surface area (TPSA) is 281 Å². The van der Waals surface area contributed by atoms with Crippen molar-refractivity contribution in [2.24, 2.45) is 11.7 Å². The Bertz CT molecular complexity index is 3320. The molecule has 21 nitrogen and oxygen atoms in total. The standard InChI is InChI=1S/C58H63N13O8/c1-37(2)52(68-49(72)21-8-5-11-31-70-50(73)28-29-51(70)74)56(76)65-46(20-13-30-60-57(59)77)55(75)64-43-25-22-39(23-26-43)35-79-58(78)69(32-41-17-9-10-18-44(41)40-15-6-4-7-16-40)34-47-66-53(42-24-27-48-61-36-62-71(48)33-42)54(67-47)45-19-12-14-38(3)63-45/h4,6-7,9-10,12,14-19,22-29,33,36-37,46,52H,5,8,11,13,20-21,30-32,34-35H2,1-3H3,(H,64,75)(H,65,76)(H,66,67)(H,68,72)(H3,59,60,77)/t46?,52-/m0/s1. The SMILES string of the molecule is Cc1cccc(-c2nc(CN(Cc3ccccc3-c3ccccc3)C(=O)OCc3ccc(NC(=O)C(CCCNC(N)=O)NC(=O)[C@@H](NC(=O)CCCCCN4C(=O)C=CC4=O)C(C)C)cc3)[nH]c2-c2ccc3ncnn3c2)n1. The van der Waals surface area contributed by atoms with E-state index in [0.717, 1.165) is 32.8 Å². The van der Waals surface area contributed by atoms with Gasteiger partial charge in [-0.1, -0.05) is 93.1 Å². The van der Waals surface area contributed by atoms with Crippen LogP contribution in [-0.2, 0) is 48.4 Å². The molecule has 0 saturated heterocycles. The lowest BCUT2D eigenvalue weighted by Gasteiger charge is -2.25. The number of benzene rings is 3. The van der Waals surface area contributed by atoms with Crippen LogP contribution in [0.1, 0.15) is 75.0 Å². The number of aromatic nitrogens is 6.